The van der Waals surface area contributed by atoms with Gasteiger partial charge < -0.3 is 14.2 Å². The molecule has 4 saturated heterocycles. The highest BCUT2D eigenvalue weighted by molar-refractivity contribution is 5.89. The number of ether oxygens (including phenoxy) is 3. The van der Waals surface area contributed by atoms with Crippen molar-refractivity contribution in [3.05, 3.63) is 35.9 Å². The predicted octanol–water partition coefficient (Wildman–Crippen LogP) is 4.87. The lowest BCUT2D eigenvalue weighted by atomic mass is 9.57. The number of hydrogen-bond donors (Lipinski definition) is 0. The molecule has 0 amide bonds. The maximum atomic E-state index is 12.2. The van der Waals surface area contributed by atoms with Gasteiger partial charge in [0.1, 0.15) is 0 Å². The standard InChI is InChI=1S/C25H34O6/c1-16-11-12-20-17(2)21(10-7-15-27-22(26)18-8-5-4-6-9-18)28-23-25(20)19(16)13-14-24(3,29-23)30-31-25/h4-6,8-9,16-17,19-21,23H,7,10-15H2,1-3H3/t16-,17-,19+,20+,21-,23?,24-,25-/m1/s1. The predicted molar refractivity (Wildman–Crippen MR) is 113 cm³/mol. The third-order valence-corrected chi connectivity index (χ3v) is 8.17. The molecule has 6 nitrogen and oxygen atoms in total. The quantitative estimate of drug-likeness (QED) is 0.377. The molecule has 1 aliphatic carbocycles. The molecule has 4 heterocycles. The van der Waals surface area contributed by atoms with Crippen LogP contribution in [0, 0.1) is 23.7 Å². The molecule has 1 saturated carbocycles. The minimum Gasteiger partial charge on any atom is -0.462 e. The Kier molecular flexibility index (Phi) is 5.62. The summed E-state index contributed by atoms with van der Waals surface area (Å²) >= 11 is 0. The molecular formula is C25H34O6. The van der Waals surface area contributed by atoms with E-state index < -0.39 is 17.7 Å². The van der Waals surface area contributed by atoms with Crippen LogP contribution in [0.2, 0.25) is 0 Å². The summed E-state index contributed by atoms with van der Waals surface area (Å²) in [7, 11) is 0. The third-order valence-electron chi connectivity index (χ3n) is 8.17. The third kappa shape index (κ3) is 3.62. The zero-order valence-corrected chi connectivity index (χ0v) is 18.8. The van der Waals surface area contributed by atoms with Crippen molar-refractivity contribution in [2.45, 2.75) is 83.1 Å². The fraction of sp³-hybridized carbons (Fsp3) is 0.720. The van der Waals surface area contributed by atoms with Crippen molar-refractivity contribution in [3.63, 3.8) is 0 Å². The second-order valence-corrected chi connectivity index (χ2v) is 10.1. The topological polar surface area (TPSA) is 63.2 Å². The van der Waals surface area contributed by atoms with Gasteiger partial charge in [-0.2, -0.15) is 0 Å². The monoisotopic (exact) mass is 430 g/mol. The maximum absolute atomic E-state index is 12.2. The van der Waals surface area contributed by atoms with Gasteiger partial charge in [0, 0.05) is 12.3 Å². The van der Waals surface area contributed by atoms with Crippen LogP contribution in [-0.4, -0.2) is 36.4 Å². The minimum absolute atomic E-state index is 0.0525. The van der Waals surface area contributed by atoms with Crippen molar-refractivity contribution >= 4 is 5.97 Å². The van der Waals surface area contributed by atoms with Crippen LogP contribution >= 0.6 is 0 Å². The Morgan fingerprint density at radius 3 is 2.71 bits per heavy atom. The van der Waals surface area contributed by atoms with Crippen molar-refractivity contribution in [3.8, 4) is 0 Å². The number of esters is 1. The fourth-order valence-electron chi connectivity index (χ4n) is 6.42. The molecule has 170 valence electrons. The van der Waals surface area contributed by atoms with E-state index in [9.17, 15) is 4.79 Å². The van der Waals surface area contributed by atoms with Crippen molar-refractivity contribution in [2.24, 2.45) is 23.7 Å². The van der Waals surface area contributed by atoms with Gasteiger partial charge in [-0.25, -0.2) is 14.6 Å². The Balaban J connectivity index is 1.25. The molecule has 2 bridgehead atoms. The molecule has 0 aromatic heterocycles. The van der Waals surface area contributed by atoms with Crippen molar-refractivity contribution in [2.75, 3.05) is 6.61 Å². The fourth-order valence-corrected chi connectivity index (χ4v) is 6.42. The highest BCUT2D eigenvalue weighted by Gasteiger charge is 2.69. The summed E-state index contributed by atoms with van der Waals surface area (Å²) < 4.78 is 18.5. The lowest BCUT2D eigenvalue weighted by molar-refractivity contribution is -0.571. The van der Waals surface area contributed by atoms with Gasteiger partial charge in [-0.3, -0.25) is 0 Å². The van der Waals surface area contributed by atoms with Crippen LogP contribution in [0.4, 0.5) is 0 Å². The smallest absolute Gasteiger partial charge is 0.338 e. The van der Waals surface area contributed by atoms with Gasteiger partial charge in [0.05, 0.1) is 18.3 Å². The molecule has 1 aromatic rings. The number of fused-ring (bicyclic) bond motifs is 2. The Labute approximate surface area is 184 Å². The highest BCUT2D eigenvalue weighted by Crippen LogP contribution is 2.60. The lowest BCUT2D eigenvalue weighted by Crippen LogP contribution is -2.70. The van der Waals surface area contributed by atoms with E-state index in [1.165, 1.54) is 6.42 Å². The number of benzene rings is 1. The average molecular weight is 431 g/mol. The van der Waals surface area contributed by atoms with Gasteiger partial charge in [-0.05, 0) is 68.9 Å². The molecule has 4 aliphatic heterocycles. The van der Waals surface area contributed by atoms with E-state index in [0.717, 1.165) is 32.1 Å². The molecule has 31 heavy (non-hydrogen) atoms. The summed E-state index contributed by atoms with van der Waals surface area (Å²) in [5.41, 5.74) is 0.0750. The summed E-state index contributed by atoms with van der Waals surface area (Å²) in [5.74, 6) is 0.599. The molecule has 1 spiro atoms. The van der Waals surface area contributed by atoms with E-state index in [4.69, 9.17) is 24.0 Å². The SMILES string of the molecule is C[C@H]1[C@@H](CCCOC(=O)c2ccccc2)OC2O[C@@]3(C)CC[C@H]4[C@H](C)CC[C@@H]1[C@@]24OO3. The molecule has 6 rings (SSSR count). The first-order chi connectivity index (χ1) is 14.9. The van der Waals surface area contributed by atoms with Crippen LogP contribution < -0.4 is 0 Å². The van der Waals surface area contributed by atoms with Gasteiger partial charge in [0.15, 0.2) is 11.9 Å². The Hall–Kier alpha value is -1.47. The summed E-state index contributed by atoms with van der Waals surface area (Å²) in [4.78, 5) is 24.2. The molecule has 8 atom stereocenters. The molecular weight excluding hydrogens is 396 g/mol. The normalized spacial score (nSPS) is 43.7. The first kappa shape index (κ1) is 21.4. The van der Waals surface area contributed by atoms with Gasteiger partial charge in [0.25, 0.3) is 0 Å². The number of hydrogen-bond acceptors (Lipinski definition) is 6. The Morgan fingerprint density at radius 1 is 1.10 bits per heavy atom. The van der Waals surface area contributed by atoms with Crippen molar-refractivity contribution in [1.82, 2.24) is 0 Å². The zero-order valence-electron chi connectivity index (χ0n) is 18.8. The second kappa shape index (κ2) is 8.14. The Bertz CT molecular complexity index is 798. The number of carbonyl (C=O) groups is 1. The van der Waals surface area contributed by atoms with Crippen LogP contribution in [0.15, 0.2) is 30.3 Å². The molecule has 0 radical (unpaired) electrons. The molecule has 1 aromatic carbocycles. The molecule has 0 N–H and O–H groups in total. The molecule has 6 heteroatoms. The summed E-state index contributed by atoms with van der Waals surface area (Å²) in [6.45, 7) is 6.94. The molecule has 5 aliphatic rings. The van der Waals surface area contributed by atoms with Crippen LogP contribution in [0.3, 0.4) is 0 Å². The summed E-state index contributed by atoms with van der Waals surface area (Å²) in [6, 6.07) is 9.12. The zero-order chi connectivity index (χ0) is 21.6. The largest absolute Gasteiger partial charge is 0.462 e. The van der Waals surface area contributed by atoms with Crippen LogP contribution in [0.1, 0.15) is 69.7 Å². The number of rotatable bonds is 5. The highest BCUT2D eigenvalue weighted by atomic mass is 17.3. The number of carbonyl (C=O) groups excluding carboxylic acids is 1. The summed E-state index contributed by atoms with van der Waals surface area (Å²) in [6.07, 6.45) is 5.40. The van der Waals surface area contributed by atoms with E-state index in [1.54, 1.807) is 12.1 Å². The van der Waals surface area contributed by atoms with E-state index in [1.807, 2.05) is 25.1 Å². The van der Waals surface area contributed by atoms with Crippen molar-refractivity contribution in [1.29, 1.82) is 0 Å². The molecule has 1 unspecified atom stereocenters. The van der Waals surface area contributed by atoms with Gasteiger partial charge in [0.2, 0.25) is 5.79 Å². The van der Waals surface area contributed by atoms with Crippen molar-refractivity contribution < 1.29 is 28.8 Å². The lowest BCUT2D eigenvalue weighted by Gasteiger charge is -2.60. The summed E-state index contributed by atoms with van der Waals surface area (Å²) in [5, 5.41) is 0. The molecule has 5 fully saturated rings. The second-order valence-electron chi connectivity index (χ2n) is 10.1. The van der Waals surface area contributed by atoms with E-state index in [-0.39, 0.29) is 12.1 Å². The minimum atomic E-state index is -0.742. The maximum Gasteiger partial charge on any atom is 0.338 e. The van der Waals surface area contributed by atoms with Gasteiger partial charge >= 0.3 is 5.97 Å². The Morgan fingerprint density at radius 2 is 1.90 bits per heavy atom. The first-order valence-electron chi connectivity index (χ1n) is 11.9. The van der Waals surface area contributed by atoms with E-state index in [2.05, 4.69) is 13.8 Å². The van der Waals surface area contributed by atoms with Gasteiger partial charge in [-0.1, -0.05) is 32.0 Å². The average Bonchev–Trinajstić information content (AvgIpc) is 3.01. The van der Waals surface area contributed by atoms with Crippen LogP contribution in [0.5, 0.6) is 0 Å². The van der Waals surface area contributed by atoms with Gasteiger partial charge in [-0.15, -0.1) is 0 Å². The van der Waals surface area contributed by atoms with E-state index >= 15 is 0 Å². The van der Waals surface area contributed by atoms with Crippen LogP contribution in [-0.2, 0) is 24.0 Å². The van der Waals surface area contributed by atoms with E-state index in [0.29, 0.717) is 35.8 Å². The van der Waals surface area contributed by atoms with Crippen LogP contribution in [0.25, 0.3) is 0 Å². The first-order valence-corrected chi connectivity index (χ1v) is 11.9.